The highest BCUT2D eigenvalue weighted by Crippen LogP contribution is 2.28. The second-order valence-corrected chi connectivity index (χ2v) is 10.3. The molecule has 0 spiro atoms. The molecule has 3 heterocycles. The summed E-state index contributed by atoms with van der Waals surface area (Å²) in [6.45, 7) is 3.10. The van der Waals surface area contributed by atoms with Gasteiger partial charge in [-0.2, -0.15) is 13.2 Å². The van der Waals surface area contributed by atoms with Crippen molar-refractivity contribution in [2.45, 2.75) is 38.8 Å². The van der Waals surface area contributed by atoms with E-state index in [2.05, 4.69) is 25.6 Å². The van der Waals surface area contributed by atoms with Crippen LogP contribution in [0.3, 0.4) is 0 Å². The van der Waals surface area contributed by atoms with Crippen molar-refractivity contribution in [3.05, 3.63) is 63.6 Å². The Kier molecular flexibility index (Phi) is 17.3. The largest absolute Gasteiger partial charge is 0.490 e. The van der Waals surface area contributed by atoms with Gasteiger partial charge in [0.1, 0.15) is 22.8 Å². The number of nitrogens with two attached hydrogens (primary N) is 2. The fourth-order valence-electron chi connectivity index (χ4n) is 3.63. The van der Waals surface area contributed by atoms with Crippen LogP contribution >= 0.6 is 0 Å². The number of methoxy groups -OCH3 is 1. The number of carbonyl (C=O) groups excluding carboxylic acids is 3. The van der Waals surface area contributed by atoms with Gasteiger partial charge in [-0.25, -0.2) is 24.5 Å². The number of nitrogens with one attached hydrogen (secondary N) is 2. The zero-order valence-electron chi connectivity index (χ0n) is 28.4. The molecule has 3 aromatic heterocycles. The number of nitrogens with zero attached hydrogens (tertiary/aromatic N) is 4. The summed E-state index contributed by atoms with van der Waals surface area (Å²) in [6.07, 6.45) is -2.69. The van der Waals surface area contributed by atoms with Crippen LogP contribution in [0.25, 0.3) is 0 Å². The van der Waals surface area contributed by atoms with E-state index >= 15 is 0 Å². The third-order valence-electron chi connectivity index (χ3n) is 6.27. The van der Waals surface area contributed by atoms with Crippen LogP contribution in [0, 0.1) is 10.1 Å². The van der Waals surface area contributed by atoms with E-state index in [9.17, 15) is 37.7 Å². The van der Waals surface area contributed by atoms with Crippen LogP contribution in [0.5, 0.6) is 17.6 Å². The van der Waals surface area contributed by atoms with Crippen LogP contribution < -0.4 is 36.3 Å². The van der Waals surface area contributed by atoms with Crippen LogP contribution in [-0.4, -0.2) is 94.9 Å². The minimum atomic E-state index is -5.08. The van der Waals surface area contributed by atoms with Crippen LogP contribution in [0.2, 0.25) is 0 Å². The molecule has 0 saturated heterocycles. The normalized spacial score (nSPS) is 10.6. The lowest BCUT2D eigenvalue weighted by Crippen LogP contribution is -2.21. The molecule has 3 rings (SSSR count). The minimum Gasteiger partial charge on any atom is -0.476 e. The molecule has 0 bridgehead atoms. The molecule has 0 unspecified atom stereocenters. The summed E-state index contributed by atoms with van der Waals surface area (Å²) in [5.41, 5.74) is 10.7. The van der Waals surface area contributed by atoms with Gasteiger partial charge in [-0.05, 0) is 62.7 Å². The molecule has 2 amide bonds. The molecule has 3 aromatic rings. The summed E-state index contributed by atoms with van der Waals surface area (Å²) in [4.78, 5) is 70.4. The maximum absolute atomic E-state index is 13.2. The maximum Gasteiger partial charge on any atom is 0.490 e. The number of unbranched alkanes of at least 4 members (excludes halogenated alkanes) is 1. The number of anilines is 2. The van der Waals surface area contributed by atoms with Crippen molar-refractivity contribution in [1.82, 2.24) is 15.0 Å². The van der Waals surface area contributed by atoms with Gasteiger partial charge in [-0.3, -0.25) is 19.7 Å². The van der Waals surface area contributed by atoms with E-state index in [1.807, 2.05) is 6.92 Å². The molecule has 0 aliphatic carbocycles. The van der Waals surface area contributed by atoms with Gasteiger partial charge in [0, 0.05) is 6.07 Å². The number of halogens is 3. The van der Waals surface area contributed by atoms with Crippen molar-refractivity contribution >= 4 is 40.8 Å². The molecule has 0 radical (unpaired) electrons. The SMILES string of the molecule is CCCCOc1nc(C(=O)Nc2ccc(C(=O)Nc3ccc(C(=O)OC)nc3OCCCN)nc2OCCCN)ccc1[N+](=O)[O-].O=C(O)C(F)(F)F. The minimum absolute atomic E-state index is 0.0263. The fraction of sp³-hybridized carbons (Fsp3) is 0.387. The lowest BCUT2D eigenvalue weighted by molar-refractivity contribution is -0.386. The van der Waals surface area contributed by atoms with Gasteiger partial charge in [0.15, 0.2) is 5.69 Å². The number of rotatable bonds is 18. The monoisotopic (exact) mass is 754 g/mol. The number of carboxylic acid groups (broad SMARTS) is 1. The Morgan fingerprint density at radius 3 is 1.62 bits per heavy atom. The first kappa shape index (κ1) is 43.0. The molecular weight excluding hydrogens is 717 g/mol. The van der Waals surface area contributed by atoms with E-state index in [0.717, 1.165) is 12.5 Å². The molecule has 0 atom stereocenters. The zero-order valence-corrected chi connectivity index (χ0v) is 28.4. The van der Waals surface area contributed by atoms with E-state index < -0.39 is 34.9 Å². The average molecular weight is 755 g/mol. The molecule has 19 nitrogen and oxygen atoms in total. The lowest BCUT2D eigenvalue weighted by Gasteiger charge is -2.14. The number of nitro groups is 1. The summed E-state index contributed by atoms with van der Waals surface area (Å²) < 4.78 is 53.2. The van der Waals surface area contributed by atoms with Crippen molar-refractivity contribution in [2.75, 3.05) is 50.7 Å². The van der Waals surface area contributed by atoms with Gasteiger partial charge >= 0.3 is 23.8 Å². The number of carbonyl (C=O) groups is 4. The van der Waals surface area contributed by atoms with Crippen molar-refractivity contribution in [2.24, 2.45) is 11.5 Å². The Morgan fingerprint density at radius 2 is 1.19 bits per heavy atom. The van der Waals surface area contributed by atoms with Crippen molar-refractivity contribution in [3.63, 3.8) is 0 Å². The molecule has 0 fully saturated rings. The molecule has 53 heavy (non-hydrogen) atoms. The van der Waals surface area contributed by atoms with Crippen molar-refractivity contribution in [1.29, 1.82) is 0 Å². The molecule has 0 aliphatic rings. The summed E-state index contributed by atoms with van der Waals surface area (Å²) in [6, 6.07) is 7.86. The van der Waals surface area contributed by atoms with Crippen LogP contribution in [0.15, 0.2) is 36.4 Å². The smallest absolute Gasteiger partial charge is 0.476 e. The number of alkyl halides is 3. The molecular formula is C31H37F3N8O11. The highest BCUT2D eigenvalue weighted by molar-refractivity contribution is 6.06. The second-order valence-electron chi connectivity index (χ2n) is 10.3. The number of aromatic nitrogens is 3. The van der Waals surface area contributed by atoms with Gasteiger partial charge in [0.2, 0.25) is 11.8 Å². The zero-order chi connectivity index (χ0) is 39.6. The quantitative estimate of drug-likeness (QED) is 0.0539. The first-order valence-corrected chi connectivity index (χ1v) is 15.6. The average Bonchev–Trinajstić information content (AvgIpc) is 3.12. The predicted molar refractivity (Wildman–Crippen MR) is 179 cm³/mol. The van der Waals surface area contributed by atoms with Crippen LogP contribution in [0.4, 0.5) is 30.2 Å². The Hall–Kier alpha value is -6.16. The maximum atomic E-state index is 13.2. The number of esters is 1. The van der Waals surface area contributed by atoms with E-state index in [1.54, 1.807) is 0 Å². The number of carboxylic acids is 1. The molecule has 0 saturated carbocycles. The highest BCUT2D eigenvalue weighted by atomic mass is 19.4. The van der Waals surface area contributed by atoms with E-state index in [1.165, 1.54) is 37.4 Å². The molecule has 22 heteroatoms. The Balaban J connectivity index is 0.00000126. The van der Waals surface area contributed by atoms with E-state index in [0.29, 0.717) is 32.4 Å². The third-order valence-corrected chi connectivity index (χ3v) is 6.27. The van der Waals surface area contributed by atoms with Gasteiger partial charge in [-0.1, -0.05) is 13.3 Å². The van der Waals surface area contributed by atoms with Gasteiger partial charge in [0.05, 0.1) is 31.9 Å². The van der Waals surface area contributed by atoms with Gasteiger partial charge < -0.3 is 46.2 Å². The predicted octanol–water partition coefficient (Wildman–Crippen LogP) is 3.34. The summed E-state index contributed by atoms with van der Waals surface area (Å²) in [5, 5.41) is 23.8. The van der Waals surface area contributed by atoms with Gasteiger partial charge in [0.25, 0.3) is 17.7 Å². The van der Waals surface area contributed by atoms with Crippen LogP contribution in [0.1, 0.15) is 64.1 Å². The summed E-state index contributed by atoms with van der Waals surface area (Å²) in [7, 11) is 1.21. The van der Waals surface area contributed by atoms with E-state index in [4.69, 9.17) is 40.3 Å². The topological polar surface area (TPSA) is 283 Å². The van der Waals surface area contributed by atoms with Crippen molar-refractivity contribution < 1.29 is 61.3 Å². The number of hydrogen-bond acceptors (Lipinski definition) is 15. The first-order chi connectivity index (χ1) is 25.2. The second kappa shape index (κ2) is 21.3. The Bertz CT molecular complexity index is 1750. The Morgan fingerprint density at radius 1 is 0.774 bits per heavy atom. The number of aliphatic carboxylic acids is 1. The van der Waals surface area contributed by atoms with E-state index in [-0.39, 0.29) is 71.6 Å². The lowest BCUT2D eigenvalue weighted by atomic mass is 10.2. The number of hydrogen-bond donors (Lipinski definition) is 5. The van der Waals surface area contributed by atoms with Crippen molar-refractivity contribution in [3.8, 4) is 17.6 Å². The summed E-state index contributed by atoms with van der Waals surface area (Å²) in [5.74, 6) is -5.25. The number of amides is 2. The molecule has 7 N–H and O–H groups in total. The summed E-state index contributed by atoms with van der Waals surface area (Å²) >= 11 is 0. The van der Waals surface area contributed by atoms with Gasteiger partial charge in [-0.15, -0.1) is 0 Å². The first-order valence-electron chi connectivity index (χ1n) is 15.6. The molecule has 288 valence electrons. The fourth-order valence-corrected chi connectivity index (χ4v) is 3.63. The standard InChI is InChI=1S/C29H36N8O9.C2HF3O2/c1-3-4-15-46-28-23(37(41)42)12-11-19(35-28)25(39)32-20-8-7-18(34-26(20)44-16-5-13-30)24(38)33-21-9-10-22(29(40)43-2)36-27(21)45-17-6-14-31;3-2(4,5)1(6)7/h7-12H,3-6,13-17,30-31H2,1-2H3,(H,32,39)(H,33,38);(H,6,7). The van der Waals surface area contributed by atoms with Crippen LogP contribution in [-0.2, 0) is 9.53 Å². The molecule has 0 aliphatic heterocycles. The Labute approximate surface area is 299 Å². The number of pyridine rings is 3. The number of ether oxygens (including phenoxy) is 4. The highest BCUT2D eigenvalue weighted by Gasteiger charge is 2.38. The third kappa shape index (κ3) is 13.8. The molecule has 0 aromatic carbocycles.